The fourth-order valence-electron chi connectivity index (χ4n) is 2.29. The number of ether oxygens (including phenoxy) is 1. The second kappa shape index (κ2) is 6.29. The number of aryl methyl sites for hydroxylation is 1. The summed E-state index contributed by atoms with van der Waals surface area (Å²) in [6.45, 7) is 4.90. The lowest BCUT2D eigenvalue weighted by Crippen LogP contribution is -1.96. The van der Waals surface area contributed by atoms with Crippen molar-refractivity contribution in [3.63, 3.8) is 0 Å². The van der Waals surface area contributed by atoms with Crippen LogP contribution in [0.2, 0.25) is 0 Å². The average molecular weight is 269 g/mol. The number of ketones is 1. The highest BCUT2D eigenvalue weighted by Gasteiger charge is 2.12. The summed E-state index contributed by atoms with van der Waals surface area (Å²) < 4.78 is 7.57. The molecule has 0 spiro atoms. The monoisotopic (exact) mass is 269 g/mol. The van der Waals surface area contributed by atoms with Gasteiger partial charge < -0.3 is 9.30 Å². The van der Waals surface area contributed by atoms with Crippen LogP contribution in [0.4, 0.5) is 0 Å². The fourth-order valence-corrected chi connectivity index (χ4v) is 2.29. The summed E-state index contributed by atoms with van der Waals surface area (Å²) >= 11 is 0. The Hall–Kier alpha value is -2.21. The molecule has 0 aliphatic carbocycles. The van der Waals surface area contributed by atoms with Gasteiger partial charge in [0, 0.05) is 29.2 Å². The molecule has 0 atom stereocenters. The Morgan fingerprint density at radius 3 is 2.90 bits per heavy atom. The molecule has 2 rings (SSSR count). The minimum atomic E-state index is 0.0688. The lowest BCUT2D eigenvalue weighted by molar-refractivity contribution is 0.101. The third-order valence-corrected chi connectivity index (χ3v) is 3.31. The van der Waals surface area contributed by atoms with Gasteiger partial charge in [-0.15, -0.1) is 6.42 Å². The van der Waals surface area contributed by atoms with Crippen molar-refractivity contribution in [2.75, 3.05) is 6.61 Å². The Labute approximate surface area is 119 Å². The smallest absolute Gasteiger partial charge is 0.161 e. The van der Waals surface area contributed by atoms with Crippen LogP contribution in [0.5, 0.6) is 5.75 Å². The molecule has 0 saturated heterocycles. The summed E-state index contributed by atoms with van der Waals surface area (Å²) in [6, 6.07) is 5.78. The molecule has 0 aliphatic heterocycles. The van der Waals surface area contributed by atoms with Gasteiger partial charge in [0.2, 0.25) is 0 Å². The number of Topliss-reactive ketones (excluding diaryl/α,β-unsaturated/α-hetero) is 1. The van der Waals surface area contributed by atoms with Crippen molar-refractivity contribution in [3.8, 4) is 18.1 Å². The highest BCUT2D eigenvalue weighted by Crippen LogP contribution is 2.27. The Morgan fingerprint density at radius 1 is 1.45 bits per heavy atom. The maximum absolute atomic E-state index is 11.8. The second-order valence-corrected chi connectivity index (χ2v) is 4.82. The number of unbranched alkanes of at least 4 members (excludes halogenated alkanes) is 1. The third kappa shape index (κ3) is 2.85. The van der Waals surface area contributed by atoms with Crippen molar-refractivity contribution >= 4 is 16.7 Å². The second-order valence-electron chi connectivity index (χ2n) is 4.82. The lowest BCUT2D eigenvalue weighted by Gasteiger charge is -2.05. The molecule has 0 saturated carbocycles. The van der Waals surface area contributed by atoms with Gasteiger partial charge in [0.15, 0.2) is 5.78 Å². The lowest BCUT2D eigenvalue weighted by atomic mass is 10.1. The van der Waals surface area contributed by atoms with E-state index in [2.05, 4.69) is 17.4 Å². The topological polar surface area (TPSA) is 31.2 Å². The zero-order valence-corrected chi connectivity index (χ0v) is 12.0. The molecule has 0 bridgehead atoms. The number of carbonyl (C=O) groups is 1. The number of benzene rings is 1. The van der Waals surface area contributed by atoms with Gasteiger partial charge in [0.05, 0.1) is 0 Å². The number of terminal acetylenes is 1. The molecular formula is C17H19NO2. The molecule has 104 valence electrons. The first kappa shape index (κ1) is 14.2. The molecule has 0 fully saturated rings. The minimum Gasteiger partial charge on any atom is -0.481 e. The molecule has 3 heteroatoms. The SMILES string of the molecule is C#CCOc1ccc2c(c1)c(C(C)=O)cn2CCCC. The van der Waals surface area contributed by atoms with Crippen LogP contribution in [-0.4, -0.2) is 17.0 Å². The van der Waals surface area contributed by atoms with Crippen molar-refractivity contribution in [1.29, 1.82) is 0 Å². The Kier molecular flexibility index (Phi) is 4.47. The number of fused-ring (bicyclic) bond motifs is 1. The van der Waals surface area contributed by atoms with Crippen molar-refractivity contribution in [3.05, 3.63) is 30.0 Å². The summed E-state index contributed by atoms with van der Waals surface area (Å²) in [5.74, 6) is 3.21. The molecule has 3 nitrogen and oxygen atoms in total. The van der Waals surface area contributed by atoms with Crippen LogP contribution in [0.15, 0.2) is 24.4 Å². The van der Waals surface area contributed by atoms with Gasteiger partial charge in [-0.05, 0) is 31.5 Å². The molecule has 20 heavy (non-hydrogen) atoms. The maximum atomic E-state index is 11.8. The van der Waals surface area contributed by atoms with E-state index in [-0.39, 0.29) is 12.4 Å². The molecule has 0 radical (unpaired) electrons. The summed E-state index contributed by atoms with van der Waals surface area (Å²) in [6.07, 6.45) is 9.35. The zero-order chi connectivity index (χ0) is 14.5. The number of hydrogen-bond acceptors (Lipinski definition) is 2. The van der Waals surface area contributed by atoms with Crippen molar-refractivity contribution in [2.24, 2.45) is 0 Å². The van der Waals surface area contributed by atoms with Crippen LogP contribution in [-0.2, 0) is 6.54 Å². The first-order valence-electron chi connectivity index (χ1n) is 6.87. The summed E-state index contributed by atoms with van der Waals surface area (Å²) in [5.41, 5.74) is 1.80. The van der Waals surface area contributed by atoms with Crippen molar-refractivity contribution in [1.82, 2.24) is 4.57 Å². The van der Waals surface area contributed by atoms with Gasteiger partial charge in [0.1, 0.15) is 12.4 Å². The number of carbonyl (C=O) groups excluding carboxylic acids is 1. The molecule has 1 heterocycles. The zero-order valence-electron chi connectivity index (χ0n) is 12.0. The van der Waals surface area contributed by atoms with E-state index in [1.165, 1.54) is 0 Å². The van der Waals surface area contributed by atoms with E-state index in [1.54, 1.807) is 6.92 Å². The van der Waals surface area contributed by atoms with E-state index in [4.69, 9.17) is 11.2 Å². The van der Waals surface area contributed by atoms with Crippen LogP contribution >= 0.6 is 0 Å². The summed E-state index contributed by atoms with van der Waals surface area (Å²) in [7, 11) is 0. The first-order valence-corrected chi connectivity index (χ1v) is 6.87. The largest absolute Gasteiger partial charge is 0.481 e. The Morgan fingerprint density at radius 2 is 2.25 bits per heavy atom. The van der Waals surface area contributed by atoms with Crippen LogP contribution in [0.25, 0.3) is 10.9 Å². The molecule has 0 unspecified atom stereocenters. The van der Waals surface area contributed by atoms with Gasteiger partial charge in [0.25, 0.3) is 0 Å². The first-order chi connectivity index (χ1) is 9.67. The van der Waals surface area contributed by atoms with E-state index in [0.29, 0.717) is 5.75 Å². The quantitative estimate of drug-likeness (QED) is 0.592. The molecular weight excluding hydrogens is 250 g/mol. The van der Waals surface area contributed by atoms with Crippen LogP contribution < -0.4 is 4.74 Å². The highest BCUT2D eigenvalue weighted by atomic mass is 16.5. The predicted molar refractivity (Wildman–Crippen MR) is 81.2 cm³/mol. The summed E-state index contributed by atoms with van der Waals surface area (Å²) in [4.78, 5) is 11.8. The van der Waals surface area contributed by atoms with Gasteiger partial charge in [-0.1, -0.05) is 19.3 Å². The van der Waals surface area contributed by atoms with E-state index in [9.17, 15) is 4.79 Å². The van der Waals surface area contributed by atoms with Crippen LogP contribution in [0, 0.1) is 12.3 Å². The van der Waals surface area contributed by atoms with E-state index in [0.717, 1.165) is 35.9 Å². The van der Waals surface area contributed by atoms with E-state index < -0.39 is 0 Å². The van der Waals surface area contributed by atoms with Gasteiger partial charge in [-0.2, -0.15) is 0 Å². The van der Waals surface area contributed by atoms with Crippen LogP contribution in [0.3, 0.4) is 0 Å². The molecule has 1 aromatic heterocycles. The van der Waals surface area contributed by atoms with Gasteiger partial charge in [-0.25, -0.2) is 0 Å². The van der Waals surface area contributed by atoms with Gasteiger partial charge in [-0.3, -0.25) is 4.79 Å². The van der Waals surface area contributed by atoms with Crippen molar-refractivity contribution in [2.45, 2.75) is 33.2 Å². The molecule has 0 amide bonds. The standard InChI is InChI=1S/C17H19NO2/c1-4-6-9-18-12-16(13(3)19)15-11-14(20-10-5-2)7-8-17(15)18/h2,7-8,11-12H,4,6,9-10H2,1,3H3. The molecule has 0 N–H and O–H groups in total. The predicted octanol–water partition coefficient (Wildman–Crippen LogP) is 3.66. The van der Waals surface area contributed by atoms with E-state index in [1.807, 2.05) is 24.4 Å². The normalized spacial score (nSPS) is 10.4. The number of aromatic nitrogens is 1. The van der Waals surface area contributed by atoms with Gasteiger partial charge >= 0.3 is 0 Å². The average Bonchev–Trinajstić information content (AvgIpc) is 2.81. The van der Waals surface area contributed by atoms with E-state index >= 15 is 0 Å². The Balaban J connectivity index is 2.46. The molecule has 0 aliphatic rings. The Bertz CT molecular complexity index is 661. The number of rotatable bonds is 6. The minimum absolute atomic E-state index is 0.0688. The van der Waals surface area contributed by atoms with Crippen LogP contribution in [0.1, 0.15) is 37.0 Å². The van der Waals surface area contributed by atoms with Crippen molar-refractivity contribution < 1.29 is 9.53 Å². The fraction of sp³-hybridized carbons (Fsp3) is 0.353. The summed E-state index contributed by atoms with van der Waals surface area (Å²) in [5, 5.41) is 0.933. The number of nitrogens with zero attached hydrogens (tertiary/aromatic N) is 1. The third-order valence-electron chi connectivity index (χ3n) is 3.31. The number of hydrogen-bond donors (Lipinski definition) is 0. The maximum Gasteiger partial charge on any atom is 0.161 e. The molecule has 2 aromatic rings. The molecule has 1 aromatic carbocycles. The highest BCUT2D eigenvalue weighted by molar-refractivity contribution is 6.07.